The molecule has 1 heterocycles. The molecule has 3 nitrogen and oxygen atoms in total. The number of likely N-dealkylation sites (tertiary alicyclic amines) is 1. The lowest BCUT2D eigenvalue weighted by Gasteiger charge is -2.23. The first-order valence-corrected chi connectivity index (χ1v) is 7.37. The average Bonchev–Trinajstić information content (AvgIpc) is 2.88. The van der Waals surface area contributed by atoms with Gasteiger partial charge in [0.05, 0.1) is 6.04 Å². The van der Waals surface area contributed by atoms with Crippen molar-refractivity contribution in [2.45, 2.75) is 45.2 Å². The number of unbranched alkanes of at least 4 members (excludes halogenated alkanes) is 1. The van der Waals surface area contributed by atoms with Crippen molar-refractivity contribution in [2.75, 3.05) is 13.1 Å². The molecule has 0 bridgehead atoms. The minimum absolute atomic E-state index is 0.0667. The first-order valence-electron chi connectivity index (χ1n) is 7.37. The van der Waals surface area contributed by atoms with Crippen LogP contribution in [0, 0.1) is 0 Å². The van der Waals surface area contributed by atoms with Crippen LogP contribution in [0.5, 0.6) is 0 Å². The SMILES string of the molecule is CCCCNC(=O)C1CCCN1Cc1ccccc1. The second-order valence-corrected chi connectivity index (χ2v) is 5.26. The van der Waals surface area contributed by atoms with E-state index in [4.69, 9.17) is 0 Å². The van der Waals surface area contributed by atoms with E-state index in [0.717, 1.165) is 45.3 Å². The molecule has 1 saturated heterocycles. The van der Waals surface area contributed by atoms with Crippen LogP contribution in [0.4, 0.5) is 0 Å². The maximum Gasteiger partial charge on any atom is 0.237 e. The minimum atomic E-state index is 0.0667. The third kappa shape index (κ3) is 4.06. The maximum atomic E-state index is 12.2. The van der Waals surface area contributed by atoms with Crippen molar-refractivity contribution in [1.82, 2.24) is 10.2 Å². The van der Waals surface area contributed by atoms with Gasteiger partial charge >= 0.3 is 0 Å². The summed E-state index contributed by atoms with van der Waals surface area (Å²) in [5.41, 5.74) is 1.29. The smallest absolute Gasteiger partial charge is 0.237 e. The van der Waals surface area contributed by atoms with Gasteiger partial charge < -0.3 is 5.32 Å². The lowest BCUT2D eigenvalue weighted by atomic mass is 10.1. The molecule has 0 aliphatic carbocycles. The van der Waals surface area contributed by atoms with Gasteiger partial charge in [-0.1, -0.05) is 43.7 Å². The lowest BCUT2D eigenvalue weighted by Crippen LogP contribution is -2.43. The first kappa shape index (κ1) is 14.1. The van der Waals surface area contributed by atoms with Crippen LogP contribution in [0.15, 0.2) is 30.3 Å². The molecule has 0 aromatic heterocycles. The molecule has 3 heteroatoms. The van der Waals surface area contributed by atoms with E-state index >= 15 is 0 Å². The Hall–Kier alpha value is -1.35. The van der Waals surface area contributed by atoms with Crippen molar-refractivity contribution in [3.63, 3.8) is 0 Å². The van der Waals surface area contributed by atoms with E-state index in [2.05, 4.69) is 41.4 Å². The van der Waals surface area contributed by atoms with Crippen LogP contribution in [0.3, 0.4) is 0 Å². The van der Waals surface area contributed by atoms with Crippen molar-refractivity contribution < 1.29 is 4.79 Å². The third-order valence-electron chi connectivity index (χ3n) is 3.72. The fourth-order valence-corrected chi connectivity index (χ4v) is 2.64. The number of carbonyl (C=O) groups excluding carboxylic acids is 1. The fraction of sp³-hybridized carbons (Fsp3) is 0.562. The Kier molecular flexibility index (Phi) is 5.40. The molecule has 1 fully saturated rings. The normalized spacial score (nSPS) is 19.5. The molecule has 2 rings (SSSR count). The van der Waals surface area contributed by atoms with Crippen LogP contribution in [-0.4, -0.2) is 29.9 Å². The summed E-state index contributed by atoms with van der Waals surface area (Å²) in [6, 6.07) is 10.5. The van der Waals surface area contributed by atoms with Gasteiger partial charge in [0.2, 0.25) is 5.91 Å². The van der Waals surface area contributed by atoms with Crippen LogP contribution in [0.1, 0.15) is 38.2 Å². The molecule has 1 aromatic carbocycles. The summed E-state index contributed by atoms with van der Waals surface area (Å²) in [5.74, 6) is 0.210. The Bertz CT molecular complexity index is 391. The number of amides is 1. The van der Waals surface area contributed by atoms with Crippen molar-refractivity contribution in [3.8, 4) is 0 Å². The van der Waals surface area contributed by atoms with Gasteiger partial charge in [0.1, 0.15) is 0 Å². The zero-order chi connectivity index (χ0) is 13.5. The number of benzene rings is 1. The second kappa shape index (κ2) is 7.29. The van der Waals surface area contributed by atoms with Gasteiger partial charge in [0.15, 0.2) is 0 Å². The standard InChI is InChI=1S/C16H24N2O/c1-2-3-11-17-16(19)15-10-7-12-18(15)13-14-8-5-4-6-9-14/h4-6,8-9,15H,2-3,7,10-13H2,1H3,(H,17,19). The summed E-state index contributed by atoms with van der Waals surface area (Å²) in [4.78, 5) is 14.5. The fourth-order valence-electron chi connectivity index (χ4n) is 2.64. The molecule has 1 N–H and O–H groups in total. The van der Waals surface area contributed by atoms with Gasteiger partial charge in [0.25, 0.3) is 0 Å². The van der Waals surface area contributed by atoms with Crippen LogP contribution in [0.2, 0.25) is 0 Å². The summed E-state index contributed by atoms with van der Waals surface area (Å²) in [6.45, 7) is 4.86. The monoisotopic (exact) mass is 260 g/mol. The lowest BCUT2D eigenvalue weighted by molar-refractivity contribution is -0.125. The van der Waals surface area contributed by atoms with Gasteiger partial charge in [-0.25, -0.2) is 0 Å². The maximum absolute atomic E-state index is 12.2. The van der Waals surface area contributed by atoms with Crippen molar-refractivity contribution in [3.05, 3.63) is 35.9 Å². The van der Waals surface area contributed by atoms with Crippen LogP contribution < -0.4 is 5.32 Å². The van der Waals surface area contributed by atoms with Gasteiger partial charge in [-0.2, -0.15) is 0 Å². The summed E-state index contributed by atoms with van der Waals surface area (Å²) in [7, 11) is 0. The van der Waals surface area contributed by atoms with E-state index in [1.807, 2.05) is 6.07 Å². The minimum Gasteiger partial charge on any atom is -0.355 e. The summed E-state index contributed by atoms with van der Waals surface area (Å²) < 4.78 is 0. The Balaban J connectivity index is 1.88. The Morgan fingerprint density at radius 2 is 2.16 bits per heavy atom. The summed E-state index contributed by atoms with van der Waals surface area (Å²) in [6.07, 6.45) is 4.30. The van der Waals surface area contributed by atoms with E-state index < -0.39 is 0 Å². The number of nitrogens with zero attached hydrogens (tertiary/aromatic N) is 1. The summed E-state index contributed by atoms with van der Waals surface area (Å²) >= 11 is 0. The van der Waals surface area contributed by atoms with Gasteiger partial charge in [-0.3, -0.25) is 9.69 Å². The Labute approximate surface area is 116 Å². The largest absolute Gasteiger partial charge is 0.355 e. The molecular weight excluding hydrogens is 236 g/mol. The number of rotatable bonds is 6. The molecule has 1 amide bonds. The number of hydrogen-bond donors (Lipinski definition) is 1. The third-order valence-corrected chi connectivity index (χ3v) is 3.72. The predicted octanol–water partition coefficient (Wildman–Crippen LogP) is 2.57. The molecule has 0 spiro atoms. The zero-order valence-electron chi connectivity index (χ0n) is 11.8. The highest BCUT2D eigenvalue weighted by Gasteiger charge is 2.30. The number of carbonyl (C=O) groups is 1. The highest BCUT2D eigenvalue weighted by Crippen LogP contribution is 2.20. The van der Waals surface area contributed by atoms with E-state index in [1.54, 1.807) is 0 Å². The zero-order valence-corrected chi connectivity index (χ0v) is 11.8. The van der Waals surface area contributed by atoms with Gasteiger partial charge in [-0.15, -0.1) is 0 Å². The van der Waals surface area contributed by atoms with Gasteiger partial charge in [-0.05, 0) is 31.4 Å². The Morgan fingerprint density at radius 1 is 1.37 bits per heavy atom. The first-order chi connectivity index (χ1) is 9.31. The molecule has 104 valence electrons. The van der Waals surface area contributed by atoms with Crippen LogP contribution in [-0.2, 0) is 11.3 Å². The molecule has 1 unspecified atom stereocenters. The highest BCUT2D eigenvalue weighted by atomic mass is 16.2. The topological polar surface area (TPSA) is 32.3 Å². The second-order valence-electron chi connectivity index (χ2n) is 5.26. The molecular formula is C16H24N2O. The van der Waals surface area contributed by atoms with E-state index in [1.165, 1.54) is 5.56 Å². The molecule has 1 aliphatic heterocycles. The quantitative estimate of drug-likeness (QED) is 0.797. The van der Waals surface area contributed by atoms with E-state index in [9.17, 15) is 4.79 Å². The van der Waals surface area contributed by atoms with Gasteiger partial charge in [0, 0.05) is 13.1 Å². The van der Waals surface area contributed by atoms with Crippen LogP contribution in [0.25, 0.3) is 0 Å². The molecule has 0 saturated carbocycles. The molecule has 1 aliphatic rings. The summed E-state index contributed by atoms with van der Waals surface area (Å²) in [5, 5.41) is 3.06. The van der Waals surface area contributed by atoms with Crippen molar-refractivity contribution in [1.29, 1.82) is 0 Å². The van der Waals surface area contributed by atoms with E-state index in [-0.39, 0.29) is 11.9 Å². The molecule has 19 heavy (non-hydrogen) atoms. The highest BCUT2D eigenvalue weighted by molar-refractivity contribution is 5.82. The molecule has 1 atom stereocenters. The van der Waals surface area contributed by atoms with E-state index in [0.29, 0.717) is 0 Å². The molecule has 0 radical (unpaired) electrons. The van der Waals surface area contributed by atoms with Crippen molar-refractivity contribution >= 4 is 5.91 Å². The number of nitrogens with one attached hydrogen (secondary N) is 1. The Morgan fingerprint density at radius 3 is 2.89 bits per heavy atom. The predicted molar refractivity (Wildman–Crippen MR) is 77.8 cm³/mol. The molecule has 1 aromatic rings. The van der Waals surface area contributed by atoms with Crippen LogP contribution >= 0.6 is 0 Å². The van der Waals surface area contributed by atoms with Crippen molar-refractivity contribution in [2.24, 2.45) is 0 Å². The average molecular weight is 260 g/mol. The number of hydrogen-bond acceptors (Lipinski definition) is 2.